The number of amides is 2. The standard InChI is InChI=1S/C17H12Br2Cl2N2O2/c18-10-4-5-13(11(19)7-10)22-17(25)9-6-15(24)23(8-9)14-3-1-2-12(20)16(14)21/h1-5,7,9H,6,8H2,(H,22,25)/t9-/m1/s1. The lowest BCUT2D eigenvalue weighted by molar-refractivity contribution is -0.122. The highest BCUT2D eigenvalue weighted by atomic mass is 79.9. The number of rotatable bonds is 3. The van der Waals surface area contributed by atoms with E-state index in [-0.39, 0.29) is 24.8 Å². The summed E-state index contributed by atoms with van der Waals surface area (Å²) >= 11 is 19.0. The van der Waals surface area contributed by atoms with Crippen LogP contribution in [0.25, 0.3) is 0 Å². The van der Waals surface area contributed by atoms with Crippen LogP contribution >= 0.6 is 55.1 Å². The number of hydrogen-bond donors (Lipinski definition) is 1. The topological polar surface area (TPSA) is 49.4 Å². The summed E-state index contributed by atoms with van der Waals surface area (Å²) in [7, 11) is 0. The van der Waals surface area contributed by atoms with Crippen molar-refractivity contribution in [1.82, 2.24) is 0 Å². The largest absolute Gasteiger partial charge is 0.325 e. The fourth-order valence-corrected chi connectivity index (χ4v) is 4.19. The first kappa shape index (κ1) is 18.7. The third-order valence-corrected chi connectivity index (χ3v) is 5.87. The van der Waals surface area contributed by atoms with Crippen molar-refractivity contribution in [3.8, 4) is 0 Å². The van der Waals surface area contributed by atoms with E-state index in [0.29, 0.717) is 21.4 Å². The highest BCUT2D eigenvalue weighted by Gasteiger charge is 2.36. The summed E-state index contributed by atoms with van der Waals surface area (Å²) in [5.74, 6) is -0.825. The Balaban J connectivity index is 1.75. The lowest BCUT2D eigenvalue weighted by Crippen LogP contribution is -2.28. The Bertz CT molecular complexity index is 861. The summed E-state index contributed by atoms with van der Waals surface area (Å²) in [6.45, 7) is 0.263. The number of carbonyl (C=O) groups is 2. The SMILES string of the molecule is O=C(Nc1ccc(Br)cc1Br)[C@@H]1CC(=O)N(c2cccc(Cl)c2Cl)C1. The molecule has 2 aromatic rings. The van der Waals surface area contributed by atoms with Crippen LogP contribution < -0.4 is 10.2 Å². The van der Waals surface area contributed by atoms with Crippen LogP contribution in [0.4, 0.5) is 11.4 Å². The van der Waals surface area contributed by atoms with Gasteiger partial charge in [-0.15, -0.1) is 0 Å². The van der Waals surface area contributed by atoms with Crippen LogP contribution in [-0.4, -0.2) is 18.4 Å². The van der Waals surface area contributed by atoms with Crippen LogP contribution in [0.15, 0.2) is 45.3 Å². The minimum absolute atomic E-state index is 0.128. The number of hydrogen-bond acceptors (Lipinski definition) is 2. The smallest absolute Gasteiger partial charge is 0.229 e. The average Bonchev–Trinajstić information content (AvgIpc) is 2.94. The molecule has 0 radical (unpaired) electrons. The fourth-order valence-electron chi connectivity index (χ4n) is 2.64. The summed E-state index contributed by atoms with van der Waals surface area (Å²) in [6.07, 6.45) is 0.128. The molecule has 1 N–H and O–H groups in total. The summed E-state index contributed by atoms with van der Waals surface area (Å²) in [6, 6.07) is 10.6. The zero-order valence-electron chi connectivity index (χ0n) is 12.7. The van der Waals surface area contributed by atoms with E-state index in [1.807, 2.05) is 12.1 Å². The van der Waals surface area contributed by atoms with E-state index in [2.05, 4.69) is 37.2 Å². The van der Waals surface area contributed by atoms with E-state index in [1.54, 1.807) is 24.3 Å². The van der Waals surface area contributed by atoms with Crippen LogP contribution in [0.5, 0.6) is 0 Å². The van der Waals surface area contributed by atoms with Gasteiger partial charge in [-0.1, -0.05) is 45.2 Å². The number of carbonyl (C=O) groups excluding carboxylic acids is 2. The summed E-state index contributed by atoms with van der Waals surface area (Å²) in [4.78, 5) is 26.4. The Kier molecular flexibility index (Phi) is 5.73. The van der Waals surface area contributed by atoms with Gasteiger partial charge >= 0.3 is 0 Å². The molecule has 1 heterocycles. The van der Waals surface area contributed by atoms with Crippen molar-refractivity contribution in [3.63, 3.8) is 0 Å². The van der Waals surface area contributed by atoms with Crippen LogP contribution in [0.1, 0.15) is 6.42 Å². The molecule has 0 aliphatic carbocycles. The van der Waals surface area contributed by atoms with Gasteiger partial charge in [0.15, 0.2) is 0 Å². The summed E-state index contributed by atoms with van der Waals surface area (Å²) in [5.41, 5.74) is 1.18. The predicted molar refractivity (Wildman–Crippen MR) is 107 cm³/mol. The van der Waals surface area contributed by atoms with Crippen molar-refractivity contribution in [2.45, 2.75) is 6.42 Å². The van der Waals surface area contributed by atoms with E-state index < -0.39 is 5.92 Å². The molecule has 130 valence electrons. The van der Waals surface area contributed by atoms with Gasteiger partial charge in [-0.2, -0.15) is 0 Å². The Labute approximate surface area is 171 Å². The molecule has 0 unspecified atom stereocenters. The highest BCUT2D eigenvalue weighted by Crippen LogP contribution is 2.36. The quantitative estimate of drug-likeness (QED) is 0.596. The first-order chi connectivity index (χ1) is 11.9. The number of nitrogens with zero attached hydrogens (tertiary/aromatic N) is 1. The van der Waals surface area contributed by atoms with E-state index in [9.17, 15) is 9.59 Å². The summed E-state index contributed by atoms with van der Waals surface area (Å²) in [5, 5.41) is 3.54. The maximum absolute atomic E-state index is 12.5. The second-order valence-electron chi connectivity index (χ2n) is 5.59. The lowest BCUT2D eigenvalue weighted by Gasteiger charge is -2.18. The molecule has 1 saturated heterocycles. The van der Waals surface area contributed by atoms with Crippen molar-refractivity contribution in [1.29, 1.82) is 0 Å². The molecule has 25 heavy (non-hydrogen) atoms. The third kappa shape index (κ3) is 4.03. The predicted octanol–water partition coefficient (Wildman–Crippen LogP) is 5.51. The Morgan fingerprint density at radius 3 is 2.68 bits per heavy atom. The minimum Gasteiger partial charge on any atom is -0.325 e. The van der Waals surface area contributed by atoms with Crippen LogP contribution in [-0.2, 0) is 9.59 Å². The molecule has 4 nitrogen and oxygen atoms in total. The molecule has 2 amide bonds. The van der Waals surface area contributed by atoms with Crippen LogP contribution in [0, 0.1) is 5.92 Å². The van der Waals surface area contributed by atoms with Crippen molar-refractivity contribution in [3.05, 3.63) is 55.4 Å². The van der Waals surface area contributed by atoms with E-state index in [0.717, 1.165) is 8.95 Å². The van der Waals surface area contributed by atoms with Crippen molar-refractivity contribution in [2.75, 3.05) is 16.8 Å². The number of anilines is 2. The molecule has 1 aliphatic heterocycles. The first-order valence-electron chi connectivity index (χ1n) is 7.37. The average molecular weight is 507 g/mol. The number of nitrogens with one attached hydrogen (secondary N) is 1. The lowest BCUT2D eigenvalue weighted by atomic mass is 10.1. The monoisotopic (exact) mass is 504 g/mol. The first-order valence-corrected chi connectivity index (χ1v) is 9.71. The van der Waals surface area contributed by atoms with Crippen molar-refractivity contribution >= 4 is 78.3 Å². The Morgan fingerprint density at radius 2 is 1.96 bits per heavy atom. The zero-order valence-corrected chi connectivity index (χ0v) is 17.4. The van der Waals surface area contributed by atoms with Gasteiger partial charge in [0.05, 0.1) is 27.3 Å². The molecule has 1 aliphatic rings. The fraction of sp³-hybridized carbons (Fsp3) is 0.176. The van der Waals surface area contributed by atoms with Gasteiger partial charge in [-0.05, 0) is 46.3 Å². The molecule has 3 rings (SSSR count). The molecule has 1 fully saturated rings. The second-order valence-corrected chi connectivity index (χ2v) is 8.15. The molecular formula is C17H12Br2Cl2N2O2. The highest BCUT2D eigenvalue weighted by molar-refractivity contribution is 9.11. The van der Waals surface area contributed by atoms with E-state index in [4.69, 9.17) is 23.2 Å². The second kappa shape index (κ2) is 7.66. The van der Waals surface area contributed by atoms with Gasteiger partial charge in [0, 0.05) is 21.9 Å². The van der Waals surface area contributed by atoms with Crippen LogP contribution in [0.2, 0.25) is 10.0 Å². The molecule has 1 atom stereocenters. The van der Waals surface area contributed by atoms with Gasteiger partial charge in [0.25, 0.3) is 0 Å². The zero-order chi connectivity index (χ0) is 18.1. The van der Waals surface area contributed by atoms with Crippen LogP contribution in [0.3, 0.4) is 0 Å². The van der Waals surface area contributed by atoms with Gasteiger partial charge < -0.3 is 10.2 Å². The number of halogens is 4. The van der Waals surface area contributed by atoms with Gasteiger partial charge in [-0.25, -0.2) is 0 Å². The molecule has 0 aromatic heterocycles. The molecule has 0 bridgehead atoms. The normalized spacial score (nSPS) is 17.0. The molecule has 8 heteroatoms. The maximum atomic E-state index is 12.5. The Hall–Kier alpha value is -1.08. The molecule has 0 saturated carbocycles. The number of benzene rings is 2. The van der Waals surface area contributed by atoms with E-state index >= 15 is 0 Å². The van der Waals surface area contributed by atoms with Crippen molar-refractivity contribution in [2.24, 2.45) is 5.92 Å². The molecule has 0 spiro atoms. The summed E-state index contributed by atoms with van der Waals surface area (Å²) < 4.78 is 1.66. The Morgan fingerprint density at radius 1 is 1.20 bits per heavy atom. The minimum atomic E-state index is -0.460. The molecule has 2 aromatic carbocycles. The van der Waals surface area contributed by atoms with Gasteiger partial charge in [-0.3, -0.25) is 9.59 Å². The third-order valence-electron chi connectivity index (χ3n) is 3.91. The van der Waals surface area contributed by atoms with Gasteiger partial charge in [0.2, 0.25) is 11.8 Å². The molecular weight excluding hydrogens is 495 g/mol. The van der Waals surface area contributed by atoms with Gasteiger partial charge in [0.1, 0.15) is 0 Å². The maximum Gasteiger partial charge on any atom is 0.229 e. The van der Waals surface area contributed by atoms with Crippen molar-refractivity contribution < 1.29 is 9.59 Å². The van der Waals surface area contributed by atoms with E-state index in [1.165, 1.54) is 4.90 Å².